The Labute approximate surface area is 154 Å². The number of carbonyl (C=O) groups is 1. The highest BCUT2D eigenvalue weighted by atomic mass is 19.3. The second-order valence-electron chi connectivity index (χ2n) is 6.03. The first-order valence-electron chi connectivity index (χ1n) is 8.26. The van der Waals surface area contributed by atoms with E-state index in [0.717, 1.165) is 11.6 Å². The van der Waals surface area contributed by atoms with Crippen LogP contribution in [0.4, 0.5) is 17.6 Å². The van der Waals surface area contributed by atoms with Crippen molar-refractivity contribution in [2.24, 2.45) is 0 Å². The average Bonchev–Trinajstić information content (AvgIpc) is 2.58. The van der Waals surface area contributed by atoms with Crippen LogP contribution in [0.3, 0.4) is 0 Å². The van der Waals surface area contributed by atoms with Gasteiger partial charge in [-0.1, -0.05) is 18.2 Å². The van der Waals surface area contributed by atoms with Gasteiger partial charge in [-0.05, 0) is 37.2 Å². The van der Waals surface area contributed by atoms with E-state index in [4.69, 9.17) is 0 Å². The molecule has 0 atom stereocenters. The van der Waals surface area contributed by atoms with Crippen LogP contribution in [0.1, 0.15) is 11.1 Å². The molecule has 8 heteroatoms. The fourth-order valence-electron chi connectivity index (χ4n) is 2.48. The Morgan fingerprint density at radius 1 is 1.15 bits per heavy atom. The summed E-state index contributed by atoms with van der Waals surface area (Å²) < 4.78 is 54.9. The highest BCUT2D eigenvalue weighted by Gasteiger charge is 2.10. The van der Waals surface area contributed by atoms with E-state index in [1.54, 1.807) is 24.1 Å². The lowest BCUT2D eigenvalue weighted by Gasteiger charge is -2.17. The van der Waals surface area contributed by atoms with Crippen molar-refractivity contribution in [3.63, 3.8) is 0 Å². The maximum absolute atomic E-state index is 13.6. The number of halogens is 4. The Kier molecular flexibility index (Phi) is 7.60. The number of alkyl halides is 2. The van der Waals surface area contributed by atoms with Crippen molar-refractivity contribution in [1.82, 2.24) is 10.2 Å². The van der Waals surface area contributed by atoms with Crippen molar-refractivity contribution < 1.29 is 27.1 Å². The first kappa shape index (κ1) is 20.7. The van der Waals surface area contributed by atoms with Gasteiger partial charge in [-0.15, -0.1) is 0 Å². The molecule has 0 bridgehead atoms. The number of amides is 1. The molecule has 0 fully saturated rings. The molecule has 0 unspecified atom stereocenters. The number of carbonyl (C=O) groups excluding carboxylic acids is 1. The quantitative estimate of drug-likeness (QED) is 0.674. The molecule has 2 aromatic carbocycles. The molecule has 146 valence electrons. The third kappa shape index (κ3) is 7.26. The monoisotopic (exact) mass is 384 g/mol. The highest BCUT2D eigenvalue weighted by Crippen LogP contribution is 2.15. The molecule has 2 aromatic rings. The summed E-state index contributed by atoms with van der Waals surface area (Å²) in [6.07, 6.45) is 0.525. The predicted molar refractivity (Wildman–Crippen MR) is 92.5 cm³/mol. The van der Waals surface area contributed by atoms with E-state index in [9.17, 15) is 22.4 Å². The minimum Gasteiger partial charge on any atom is -0.435 e. The van der Waals surface area contributed by atoms with Crippen LogP contribution < -0.4 is 10.1 Å². The van der Waals surface area contributed by atoms with Gasteiger partial charge in [-0.25, -0.2) is 8.78 Å². The molecule has 0 spiro atoms. The van der Waals surface area contributed by atoms with Crippen LogP contribution in [-0.4, -0.2) is 37.6 Å². The largest absolute Gasteiger partial charge is 0.435 e. The van der Waals surface area contributed by atoms with E-state index >= 15 is 0 Å². The highest BCUT2D eigenvalue weighted by molar-refractivity contribution is 5.77. The molecule has 1 amide bonds. The van der Waals surface area contributed by atoms with Gasteiger partial charge in [0.15, 0.2) is 0 Å². The van der Waals surface area contributed by atoms with Crippen LogP contribution in [0.2, 0.25) is 0 Å². The van der Waals surface area contributed by atoms with Gasteiger partial charge in [0.05, 0.1) is 6.54 Å². The van der Waals surface area contributed by atoms with E-state index < -0.39 is 18.2 Å². The second-order valence-corrected chi connectivity index (χ2v) is 6.03. The zero-order valence-electron chi connectivity index (χ0n) is 14.7. The molecule has 0 aliphatic rings. The Morgan fingerprint density at radius 2 is 1.85 bits per heavy atom. The van der Waals surface area contributed by atoms with Crippen LogP contribution >= 0.6 is 0 Å². The van der Waals surface area contributed by atoms with Crippen molar-refractivity contribution in [2.75, 3.05) is 20.1 Å². The molecular formula is C19H20F4N2O2. The lowest BCUT2D eigenvalue weighted by molar-refractivity contribution is -0.122. The maximum atomic E-state index is 13.6. The van der Waals surface area contributed by atoms with Crippen molar-refractivity contribution in [3.05, 3.63) is 65.2 Å². The number of hydrogen-bond acceptors (Lipinski definition) is 3. The molecule has 27 heavy (non-hydrogen) atoms. The zero-order chi connectivity index (χ0) is 19.8. The number of nitrogens with one attached hydrogen (secondary N) is 1. The van der Waals surface area contributed by atoms with E-state index in [2.05, 4.69) is 10.1 Å². The Hall–Kier alpha value is -2.61. The van der Waals surface area contributed by atoms with Crippen molar-refractivity contribution >= 4 is 5.91 Å². The van der Waals surface area contributed by atoms with Gasteiger partial charge >= 0.3 is 6.61 Å². The molecule has 1 N–H and O–H groups in total. The van der Waals surface area contributed by atoms with Crippen LogP contribution in [0, 0.1) is 11.6 Å². The zero-order valence-corrected chi connectivity index (χ0v) is 14.7. The number of ether oxygens (including phenoxy) is 1. The number of benzene rings is 2. The summed E-state index contributed by atoms with van der Waals surface area (Å²) in [4.78, 5) is 13.6. The third-order valence-electron chi connectivity index (χ3n) is 3.75. The average molecular weight is 384 g/mol. The summed E-state index contributed by atoms with van der Waals surface area (Å²) in [6.45, 7) is -2.27. The SMILES string of the molecule is CN(CC(=O)NCCc1ccc(OC(F)F)cc1)Cc1ccc(F)cc1F. The van der Waals surface area contributed by atoms with Gasteiger partial charge in [0.1, 0.15) is 17.4 Å². The van der Waals surface area contributed by atoms with Gasteiger partial charge in [-0.3, -0.25) is 9.69 Å². The first-order chi connectivity index (χ1) is 12.8. The summed E-state index contributed by atoms with van der Waals surface area (Å²) in [7, 11) is 1.66. The lowest BCUT2D eigenvalue weighted by Crippen LogP contribution is -2.36. The van der Waals surface area contributed by atoms with E-state index in [1.165, 1.54) is 24.3 Å². The van der Waals surface area contributed by atoms with Gasteiger partial charge in [0.25, 0.3) is 0 Å². The molecule has 0 heterocycles. The number of likely N-dealkylation sites (N-methyl/N-ethyl adjacent to an activating group) is 1. The predicted octanol–water partition coefficient (Wildman–Crippen LogP) is 3.36. The van der Waals surface area contributed by atoms with Crippen molar-refractivity contribution in [1.29, 1.82) is 0 Å². The summed E-state index contributed by atoms with van der Waals surface area (Å²) in [5, 5.41) is 2.73. The fourth-order valence-corrected chi connectivity index (χ4v) is 2.48. The van der Waals surface area contributed by atoms with Crippen molar-refractivity contribution in [3.8, 4) is 5.75 Å². The third-order valence-corrected chi connectivity index (χ3v) is 3.75. The summed E-state index contributed by atoms with van der Waals surface area (Å²) in [6, 6.07) is 9.49. The van der Waals surface area contributed by atoms with E-state index in [0.29, 0.717) is 18.5 Å². The fraction of sp³-hybridized carbons (Fsp3) is 0.316. The molecule has 4 nitrogen and oxygen atoms in total. The Morgan fingerprint density at radius 3 is 2.48 bits per heavy atom. The molecule has 0 radical (unpaired) electrons. The summed E-state index contributed by atoms with van der Waals surface area (Å²) >= 11 is 0. The minimum absolute atomic E-state index is 0.0536. The molecule has 0 saturated carbocycles. The molecule has 0 aliphatic heterocycles. The smallest absolute Gasteiger partial charge is 0.387 e. The molecule has 2 rings (SSSR count). The van der Waals surface area contributed by atoms with Crippen LogP contribution in [0.15, 0.2) is 42.5 Å². The number of rotatable bonds is 9. The second kappa shape index (κ2) is 9.91. The Bertz CT molecular complexity index is 754. The van der Waals surface area contributed by atoms with Crippen molar-refractivity contribution in [2.45, 2.75) is 19.6 Å². The van der Waals surface area contributed by atoms with Crippen LogP contribution in [-0.2, 0) is 17.8 Å². The minimum atomic E-state index is -2.87. The molecule has 0 saturated heterocycles. The topological polar surface area (TPSA) is 41.6 Å². The van der Waals surface area contributed by atoms with Gasteiger partial charge in [0.2, 0.25) is 5.91 Å². The summed E-state index contributed by atoms with van der Waals surface area (Å²) in [5.74, 6) is -1.46. The molecular weight excluding hydrogens is 364 g/mol. The standard InChI is InChI=1S/C19H20F4N2O2/c1-25(11-14-4-5-15(20)10-17(14)21)12-18(26)24-9-8-13-2-6-16(7-3-13)27-19(22)23/h2-7,10,19H,8-9,11-12H2,1H3,(H,24,26). The lowest BCUT2D eigenvalue weighted by atomic mass is 10.1. The van der Waals surface area contributed by atoms with Gasteiger partial charge < -0.3 is 10.1 Å². The summed E-state index contributed by atoms with van der Waals surface area (Å²) in [5.41, 5.74) is 1.16. The normalized spacial score (nSPS) is 11.1. The van der Waals surface area contributed by atoms with Crippen LogP contribution in [0.5, 0.6) is 5.75 Å². The van der Waals surface area contributed by atoms with Crippen LogP contribution in [0.25, 0.3) is 0 Å². The Balaban J connectivity index is 1.72. The van der Waals surface area contributed by atoms with E-state index in [-0.39, 0.29) is 24.7 Å². The van der Waals surface area contributed by atoms with Gasteiger partial charge in [-0.2, -0.15) is 8.78 Å². The van der Waals surface area contributed by atoms with Gasteiger partial charge in [0, 0.05) is 24.7 Å². The number of hydrogen-bond donors (Lipinski definition) is 1. The first-order valence-corrected chi connectivity index (χ1v) is 8.26. The molecule has 0 aromatic heterocycles. The molecule has 0 aliphatic carbocycles. The maximum Gasteiger partial charge on any atom is 0.387 e. The number of nitrogens with zero attached hydrogens (tertiary/aromatic N) is 1. The van der Waals surface area contributed by atoms with E-state index in [1.807, 2.05) is 0 Å².